The van der Waals surface area contributed by atoms with E-state index in [1.54, 1.807) is 0 Å². The van der Waals surface area contributed by atoms with Crippen molar-refractivity contribution in [3.05, 3.63) is 0 Å². The molecule has 82 valence electrons. The Bertz CT molecular complexity index is 311. The molecule has 0 aromatic heterocycles. The zero-order valence-electron chi connectivity index (χ0n) is 7.90. The fraction of sp³-hybridized carbons (Fsp3) is 0.875. The molecule has 0 aromatic carbocycles. The summed E-state index contributed by atoms with van der Waals surface area (Å²) in [7, 11) is -1.97. The van der Waals surface area contributed by atoms with Crippen LogP contribution in [0.3, 0.4) is 0 Å². The van der Waals surface area contributed by atoms with Gasteiger partial charge in [-0.05, 0) is 6.42 Å². The second-order valence-electron chi connectivity index (χ2n) is 3.46. The van der Waals surface area contributed by atoms with Gasteiger partial charge < -0.3 is 4.74 Å². The lowest BCUT2D eigenvalue weighted by Gasteiger charge is -2.24. The summed E-state index contributed by atoms with van der Waals surface area (Å²) in [4.78, 5) is 10.9. The zero-order valence-corrected chi connectivity index (χ0v) is 8.72. The average Bonchev–Trinajstić information content (AvgIpc) is 2.11. The number of hydrogen-bond donors (Lipinski definition) is 0. The molecule has 1 aliphatic rings. The maximum Gasteiger partial charge on any atom is 0.305 e. The first kappa shape index (κ1) is 11.4. The highest BCUT2D eigenvalue weighted by atomic mass is 32.2. The molecule has 0 saturated carbocycles. The molecule has 1 rings (SSSR count). The summed E-state index contributed by atoms with van der Waals surface area (Å²) in [5, 5.41) is 0. The largest absolute Gasteiger partial charge is 0.469 e. The predicted octanol–water partition coefficient (Wildman–Crippen LogP) is 0.322. The van der Waals surface area contributed by atoms with Crippen molar-refractivity contribution in [2.24, 2.45) is 5.92 Å². The number of methoxy groups -OCH3 is 1. The summed E-state index contributed by atoms with van der Waals surface area (Å²) in [6, 6.07) is 0. The fourth-order valence-corrected chi connectivity index (χ4v) is 3.26. The third-order valence-electron chi connectivity index (χ3n) is 2.34. The van der Waals surface area contributed by atoms with Gasteiger partial charge in [-0.2, -0.15) is 0 Å². The van der Waals surface area contributed by atoms with E-state index in [0.717, 1.165) is 0 Å². The monoisotopic (exact) mass is 224 g/mol. The Morgan fingerprint density at radius 3 is 2.79 bits per heavy atom. The van der Waals surface area contributed by atoms with E-state index >= 15 is 0 Å². The van der Waals surface area contributed by atoms with Gasteiger partial charge in [0.05, 0.1) is 25.0 Å². The van der Waals surface area contributed by atoms with E-state index in [1.165, 1.54) is 7.11 Å². The predicted molar refractivity (Wildman–Crippen MR) is 48.3 cm³/mol. The molecule has 1 saturated heterocycles. The molecule has 0 radical (unpaired) electrons. The third-order valence-corrected chi connectivity index (χ3v) is 4.13. The van der Waals surface area contributed by atoms with Crippen LogP contribution in [0.1, 0.15) is 12.8 Å². The molecule has 4 nitrogen and oxygen atoms in total. The van der Waals surface area contributed by atoms with Crippen molar-refractivity contribution in [2.75, 3.05) is 18.6 Å². The van der Waals surface area contributed by atoms with E-state index in [2.05, 4.69) is 4.74 Å². The lowest BCUT2D eigenvalue weighted by molar-refractivity contribution is -0.142. The topological polar surface area (TPSA) is 60.4 Å². The van der Waals surface area contributed by atoms with E-state index in [-0.39, 0.29) is 24.3 Å². The molecule has 0 aliphatic carbocycles. The Morgan fingerprint density at radius 1 is 1.57 bits per heavy atom. The number of carbonyl (C=O) groups is 1. The van der Waals surface area contributed by atoms with Gasteiger partial charge in [-0.3, -0.25) is 4.79 Å². The molecule has 1 aliphatic heterocycles. The number of ether oxygens (including phenoxy) is 1. The number of halogens is 1. The Balaban J connectivity index is 2.62. The molecule has 0 bridgehead atoms. The smallest absolute Gasteiger partial charge is 0.305 e. The van der Waals surface area contributed by atoms with Gasteiger partial charge in [0.1, 0.15) is 6.17 Å². The van der Waals surface area contributed by atoms with Gasteiger partial charge in [0.15, 0.2) is 9.84 Å². The van der Waals surface area contributed by atoms with Crippen molar-refractivity contribution in [1.29, 1.82) is 0 Å². The molecule has 1 heterocycles. The van der Waals surface area contributed by atoms with Gasteiger partial charge in [-0.1, -0.05) is 0 Å². The second kappa shape index (κ2) is 4.25. The van der Waals surface area contributed by atoms with Crippen LogP contribution >= 0.6 is 0 Å². The quantitative estimate of drug-likeness (QED) is 0.634. The summed E-state index contributed by atoms with van der Waals surface area (Å²) in [5.41, 5.74) is 0. The Morgan fingerprint density at radius 2 is 2.21 bits per heavy atom. The van der Waals surface area contributed by atoms with Crippen molar-refractivity contribution in [3.8, 4) is 0 Å². The van der Waals surface area contributed by atoms with Crippen LogP contribution in [0.25, 0.3) is 0 Å². The van der Waals surface area contributed by atoms with E-state index in [4.69, 9.17) is 0 Å². The standard InChI is InChI=1S/C8H13FO4S/c1-13-8(10)4-6-5-14(11,12)3-2-7(6)9/h6-7H,2-5H2,1H3. The van der Waals surface area contributed by atoms with Crippen molar-refractivity contribution in [2.45, 2.75) is 19.0 Å². The van der Waals surface area contributed by atoms with E-state index in [1.807, 2.05) is 0 Å². The number of sulfone groups is 1. The molecule has 0 N–H and O–H groups in total. The van der Waals surface area contributed by atoms with Crippen LogP contribution in [0.2, 0.25) is 0 Å². The maximum absolute atomic E-state index is 13.2. The van der Waals surface area contributed by atoms with Gasteiger partial charge in [0.25, 0.3) is 0 Å². The van der Waals surface area contributed by atoms with Gasteiger partial charge in [0, 0.05) is 5.92 Å². The lowest BCUT2D eigenvalue weighted by atomic mass is 10.00. The molecule has 0 amide bonds. The maximum atomic E-state index is 13.2. The van der Waals surface area contributed by atoms with Gasteiger partial charge in [-0.25, -0.2) is 12.8 Å². The van der Waals surface area contributed by atoms with Gasteiger partial charge >= 0.3 is 5.97 Å². The summed E-state index contributed by atoms with van der Waals surface area (Å²) >= 11 is 0. The second-order valence-corrected chi connectivity index (χ2v) is 5.69. The van der Waals surface area contributed by atoms with Crippen molar-refractivity contribution in [1.82, 2.24) is 0 Å². The fourth-order valence-electron chi connectivity index (χ4n) is 1.53. The van der Waals surface area contributed by atoms with Gasteiger partial charge in [-0.15, -0.1) is 0 Å². The SMILES string of the molecule is COC(=O)CC1CS(=O)(=O)CCC1F. The van der Waals surface area contributed by atoms with Crippen molar-refractivity contribution >= 4 is 15.8 Å². The van der Waals surface area contributed by atoms with Gasteiger partial charge in [0.2, 0.25) is 0 Å². The van der Waals surface area contributed by atoms with Crippen LogP contribution in [0, 0.1) is 5.92 Å². The summed E-state index contributed by atoms with van der Waals surface area (Å²) in [6.07, 6.45) is -1.38. The molecule has 2 atom stereocenters. The van der Waals surface area contributed by atoms with Crippen LogP contribution in [0.15, 0.2) is 0 Å². The van der Waals surface area contributed by atoms with Crippen LogP contribution < -0.4 is 0 Å². The highest BCUT2D eigenvalue weighted by Crippen LogP contribution is 2.24. The van der Waals surface area contributed by atoms with Crippen LogP contribution in [0.5, 0.6) is 0 Å². The van der Waals surface area contributed by atoms with E-state index in [0.29, 0.717) is 0 Å². The Kier molecular flexibility index (Phi) is 3.47. The van der Waals surface area contributed by atoms with E-state index in [9.17, 15) is 17.6 Å². The highest BCUT2D eigenvalue weighted by Gasteiger charge is 2.34. The zero-order chi connectivity index (χ0) is 10.8. The third kappa shape index (κ3) is 2.94. The highest BCUT2D eigenvalue weighted by molar-refractivity contribution is 7.91. The molecule has 6 heteroatoms. The molecule has 2 unspecified atom stereocenters. The average molecular weight is 224 g/mol. The molecule has 14 heavy (non-hydrogen) atoms. The molecule has 1 fully saturated rings. The minimum absolute atomic E-state index is 0.00993. The molecule has 0 aromatic rings. The normalized spacial score (nSPS) is 31.0. The number of rotatable bonds is 2. The first-order valence-corrected chi connectivity index (χ1v) is 6.18. The summed E-state index contributed by atoms with van der Waals surface area (Å²) in [6.45, 7) is 0. The minimum atomic E-state index is -3.17. The van der Waals surface area contributed by atoms with Crippen molar-refractivity contribution < 1.29 is 22.3 Å². The molecule has 0 spiro atoms. The number of hydrogen-bond acceptors (Lipinski definition) is 4. The van der Waals surface area contributed by atoms with Crippen LogP contribution in [-0.2, 0) is 19.4 Å². The number of carbonyl (C=O) groups excluding carboxylic acids is 1. The van der Waals surface area contributed by atoms with Crippen LogP contribution in [-0.4, -0.2) is 39.2 Å². The van der Waals surface area contributed by atoms with Crippen molar-refractivity contribution in [3.63, 3.8) is 0 Å². The Hall–Kier alpha value is -0.650. The number of esters is 1. The first-order chi connectivity index (χ1) is 6.44. The number of alkyl halides is 1. The van der Waals surface area contributed by atoms with Crippen LogP contribution in [0.4, 0.5) is 4.39 Å². The van der Waals surface area contributed by atoms with E-state index < -0.39 is 27.9 Å². The Labute approximate surface area is 82.4 Å². The summed E-state index contributed by atoms with van der Waals surface area (Å²) in [5.74, 6) is -1.66. The summed E-state index contributed by atoms with van der Waals surface area (Å²) < 4.78 is 39.9. The minimum Gasteiger partial charge on any atom is -0.469 e. The first-order valence-electron chi connectivity index (χ1n) is 4.36. The molecular formula is C8H13FO4S. The molecular weight excluding hydrogens is 211 g/mol. The lowest BCUT2D eigenvalue weighted by Crippen LogP contribution is -2.35.